The summed E-state index contributed by atoms with van der Waals surface area (Å²) in [7, 11) is 1.70. The van der Waals surface area contributed by atoms with Crippen molar-refractivity contribution in [1.29, 1.82) is 0 Å². The summed E-state index contributed by atoms with van der Waals surface area (Å²) in [6.07, 6.45) is -0.484. The first-order valence-electron chi connectivity index (χ1n) is 5.74. The first kappa shape index (κ1) is 11.5. The predicted molar refractivity (Wildman–Crippen MR) is 67.6 cm³/mol. The molecular formula is C12H12N4O3. The highest BCUT2D eigenvalue weighted by Crippen LogP contribution is 2.37. The van der Waals surface area contributed by atoms with Crippen molar-refractivity contribution in [2.24, 2.45) is 0 Å². The molecular weight excluding hydrogens is 248 g/mol. The fourth-order valence-corrected chi connectivity index (χ4v) is 2.05. The van der Waals surface area contributed by atoms with Crippen molar-refractivity contribution in [3.8, 4) is 17.0 Å². The lowest BCUT2D eigenvalue weighted by atomic mass is 10.1. The summed E-state index contributed by atoms with van der Waals surface area (Å²) in [5.41, 5.74) is 7.49. The van der Waals surface area contributed by atoms with Gasteiger partial charge in [-0.1, -0.05) is 0 Å². The number of likely N-dealkylation sites (N-methyl/N-ethyl adjacent to an activating group) is 1. The highest BCUT2D eigenvalue weighted by atomic mass is 16.6. The molecule has 0 spiro atoms. The van der Waals surface area contributed by atoms with Gasteiger partial charge in [-0.15, -0.1) is 0 Å². The van der Waals surface area contributed by atoms with Crippen molar-refractivity contribution in [1.82, 2.24) is 10.3 Å². The Hall–Kier alpha value is -2.57. The van der Waals surface area contributed by atoms with Crippen LogP contribution in [0, 0.1) is 0 Å². The van der Waals surface area contributed by atoms with Crippen LogP contribution in [0.5, 0.6) is 5.75 Å². The van der Waals surface area contributed by atoms with E-state index in [1.54, 1.807) is 37.1 Å². The average molecular weight is 260 g/mol. The number of amides is 1. The fraction of sp³-hybridized carbons (Fsp3) is 0.250. The molecule has 19 heavy (non-hydrogen) atoms. The van der Waals surface area contributed by atoms with Crippen LogP contribution >= 0.6 is 0 Å². The van der Waals surface area contributed by atoms with Gasteiger partial charge in [0.2, 0.25) is 0 Å². The Morgan fingerprint density at radius 3 is 2.84 bits per heavy atom. The van der Waals surface area contributed by atoms with Crippen LogP contribution in [0.25, 0.3) is 11.3 Å². The van der Waals surface area contributed by atoms with Crippen LogP contribution < -0.4 is 15.4 Å². The molecule has 1 aliphatic heterocycles. The van der Waals surface area contributed by atoms with Crippen LogP contribution in [0.4, 0.5) is 11.5 Å². The van der Waals surface area contributed by atoms with Crippen molar-refractivity contribution >= 4 is 17.4 Å². The molecule has 0 radical (unpaired) electrons. The maximum Gasteiger partial charge on any atom is 0.267 e. The van der Waals surface area contributed by atoms with Gasteiger partial charge in [0, 0.05) is 12.6 Å². The van der Waals surface area contributed by atoms with Gasteiger partial charge in [0.1, 0.15) is 5.75 Å². The molecule has 2 aromatic rings. The normalized spacial score (nSPS) is 18.1. The molecule has 0 saturated carbocycles. The number of fused-ring (bicyclic) bond motifs is 1. The van der Waals surface area contributed by atoms with Gasteiger partial charge in [-0.2, -0.15) is 0 Å². The summed E-state index contributed by atoms with van der Waals surface area (Å²) < 4.78 is 10.1. The molecule has 98 valence electrons. The number of carbonyl (C=O) groups is 1. The van der Waals surface area contributed by atoms with Gasteiger partial charge >= 0.3 is 0 Å². The minimum atomic E-state index is -0.484. The molecule has 1 aromatic heterocycles. The van der Waals surface area contributed by atoms with Gasteiger partial charge < -0.3 is 15.4 Å². The van der Waals surface area contributed by atoms with Crippen molar-refractivity contribution in [2.45, 2.75) is 13.0 Å². The van der Waals surface area contributed by atoms with Gasteiger partial charge in [-0.25, -0.2) is 4.63 Å². The number of nitrogens with two attached hydrogens (primary N) is 1. The number of anilines is 2. The molecule has 2 heterocycles. The number of hydrogen-bond acceptors (Lipinski definition) is 6. The van der Waals surface area contributed by atoms with Crippen LogP contribution in [-0.2, 0) is 4.79 Å². The second-order valence-electron chi connectivity index (χ2n) is 4.34. The zero-order chi connectivity index (χ0) is 13.6. The van der Waals surface area contributed by atoms with E-state index in [1.807, 2.05) is 0 Å². The molecule has 3 rings (SSSR count). The molecule has 0 fully saturated rings. The standard InChI is InChI=1S/C12H12N4O3/c1-6-12(17)16(2)8-5-7(3-4-9(8)18-6)10-11(13)15-19-14-10/h3-6H,1-2H3,(H2,13,15). The van der Waals surface area contributed by atoms with Crippen LogP contribution in [0.1, 0.15) is 6.92 Å². The summed E-state index contributed by atoms with van der Waals surface area (Å²) in [6.45, 7) is 1.72. The predicted octanol–water partition coefficient (Wildman–Crippen LogP) is 1.06. The lowest BCUT2D eigenvalue weighted by Crippen LogP contribution is -2.41. The molecule has 0 saturated heterocycles. The van der Waals surface area contributed by atoms with Crippen LogP contribution in [0.15, 0.2) is 22.8 Å². The minimum absolute atomic E-state index is 0.101. The number of rotatable bonds is 1. The first-order chi connectivity index (χ1) is 9.08. The Morgan fingerprint density at radius 1 is 1.37 bits per heavy atom. The van der Waals surface area contributed by atoms with Gasteiger partial charge in [-0.05, 0) is 35.4 Å². The minimum Gasteiger partial charge on any atom is -0.479 e. The maximum atomic E-state index is 11.9. The van der Waals surface area contributed by atoms with Crippen molar-refractivity contribution in [3.63, 3.8) is 0 Å². The summed E-state index contributed by atoms with van der Waals surface area (Å²) >= 11 is 0. The lowest BCUT2D eigenvalue weighted by Gasteiger charge is -2.30. The van der Waals surface area contributed by atoms with Crippen LogP contribution in [-0.4, -0.2) is 29.4 Å². The molecule has 1 atom stereocenters. The van der Waals surface area contributed by atoms with Gasteiger partial charge in [0.25, 0.3) is 5.91 Å². The van der Waals surface area contributed by atoms with E-state index in [4.69, 9.17) is 10.5 Å². The maximum absolute atomic E-state index is 11.9. The van der Waals surface area contributed by atoms with Gasteiger partial charge in [0.15, 0.2) is 17.6 Å². The number of nitrogens with zero attached hydrogens (tertiary/aromatic N) is 3. The Kier molecular flexibility index (Phi) is 2.41. The van der Waals surface area contributed by atoms with E-state index < -0.39 is 6.10 Å². The third-order valence-electron chi connectivity index (χ3n) is 3.09. The van der Waals surface area contributed by atoms with E-state index in [-0.39, 0.29) is 11.7 Å². The second-order valence-corrected chi connectivity index (χ2v) is 4.34. The van der Waals surface area contributed by atoms with Crippen molar-refractivity contribution in [2.75, 3.05) is 17.7 Å². The Labute approximate surface area is 108 Å². The highest BCUT2D eigenvalue weighted by molar-refractivity contribution is 6.00. The third-order valence-corrected chi connectivity index (χ3v) is 3.09. The Balaban J connectivity index is 2.10. The Bertz CT molecular complexity index is 652. The number of nitrogen functional groups attached to an aromatic ring is 1. The van der Waals surface area contributed by atoms with E-state index in [0.717, 1.165) is 5.56 Å². The number of hydrogen-bond donors (Lipinski definition) is 1. The van der Waals surface area contributed by atoms with E-state index in [9.17, 15) is 4.79 Å². The number of ether oxygens (including phenoxy) is 1. The highest BCUT2D eigenvalue weighted by Gasteiger charge is 2.29. The summed E-state index contributed by atoms with van der Waals surface area (Å²) in [6, 6.07) is 5.35. The monoisotopic (exact) mass is 260 g/mol. The largest absolute Gasteiger partial charge is 0.479 e. The molecule has 0 aliphatic carbocycles. The number of benzene rings is 1. The third kappa shape index (κ3) is 1.70. The number of carbonyl (C=O) groups excluding carboxylic acids is 1. The first-order valence-corrected chi connectivity index (χ1v) is 5.74. The smallest absolute Gasteiger partial charge is 0.267 e. The molecule has 1 amide bonds. The molecule has 7 nitrogen and oxygen atoms in total. The van der Waals surface area contributed by atoms with E-state index in [1.165, 1.54) is 0 Å². The van der Waals surface area contributed by atoms with Crippen LogP contribution in [0.2, 0.25) is 0 Å². The molecule has 7 heteroatoms. The van der Waals surface area contributed by atoms with E-state index in [2.05, 4.69) is 14.9 Å². The summed E-state index contributed by atoms with van der Waals surface area (Å²) in [5.74, 6) is 0.753. The molecule has 2 N–H and O–H groups in total. The summed E-state index contributed by atoms with van der Waals surface area (Å²) in [4.78, 5) is 13.4. The van der Waals surface area contributed by atoms with E-state index in [0.29, 0.717) is 17.1 Å². The Morgan fingerprint density at radius 2 is 2.16 bits per heavy atom. The summed E-state index contributed by atoms with van der Waals surface area (Å²) in [5, 5.41) is 7.27. The number of aromatic nitrogens is 2. The quantitative estimate of drug-likeness (QED) is 0.823. The van der Waals surface area contributed by atoms with Gasteiger partial charge in [0.05, 0.1) is 5.69 Å². The SMILES string of the molecule is CC1Oc2ccc(-c3nonc3N)cc2N(C)C1=O. The topological polar surface area (TPSA) is 94.5 Å². The zero-order valence-corrected chi connectivity index (χ0v) is 10.5. The van der Waals surface area contributed by atoms with Crippen LogP contribution in [0.3, 0.4) is 0 Å². The molecule has 1 unspecified atom stereocenters. The van der Waals surface area contributed by atoms with Crippen molar-refractivity contribution < 1.29 is 14.2 Å². The molecule has 0 bridgehead atoms. The average Bonchev–Trinajstić information content (AvgIpc) is 2.82. The molecule has 1 aliphatic rings. The van der Waals surface area contributed by atoms with Gasteiger partial charge in [-0.3, -0.25) is 4.79 Å². The lowest BCUT2D eigenvalue weighted by molar-refractivity contribution is -0.125. The van der Waals surface area contributed by atoms with Crippen molar-refractivity contribution in [3.05, 3.63) is 18.2 Å². The zero-order valence-electron chi connectivity index (χ0n) is 10.5. The fourth-order valence-electron chi connectivity index (χ4n) is 2.05. The second kappa shape index (κ2) is 3.98. The molecule has 1 aromatic carbocycles. The van der Waals surface area contributed by atoms with E-state index >= 15 is 0 Å².